The summed E-state index contributed by atoms with van der Waals surface area (Å²) in [6, 6.07) is 5.39. The van der Waals surface area contributed by atoms with Crippen LogP contribution in [0.5, 0.6) is 0 Å². The molecule has 1 aromatic carbocycles. The number of nitrogens with one attached hydrogen (secondary N) is 1. The van der Waals surface area contributed by atoms with E-state index >= 15 is 0 Å². The van der Waals surface area contributed by atoms with E-state index in [1.807, 2.05) is 24.8 Å². The molecule has 6 nitrogen and oxygen atoms in total. The molecule has 20 heavy (non-hydrogen) atoms. The van der Waals surface area contributed by atoms with Gasteiger partial charge in [-0.05, 0) is 32.0 Å². The minimum absolute atomic E-state index is 0.0878. The Bertz CT molecular complexity index is 662. The number of rotatable bonds is 1. The molecular weight excluding hydrogens is 256 g/mol. The normalized spacial score (nSPS) is 18.4. The van der Waals surface area contributed by atoms with Crippen LogP contribution >= 0.6 is 0 Å². The summed E-state index contributed by atoms with van der Waals surface area (Å²) in [4.78, 5) is 14.6. The van der Waals surface area contributed by atoms with E-state index in [1.165, 1.54) is 0 Å². The van der Waals surface area contributed by atoms with Gasteiger partial charge in [0.2, 0.25) is 0 Å². The van der Waals surface area contributed by atoms with Crippen LogP contribution in [0.2, 0.25) is 0 Å². The Morgan fingerprint density at radius 3 is 3.05 bits per heavy atom. The molecule has 0 radical (unpaired) electrons. The van der Waals surface area contributed by atoms with Crippen LogP contribution in [-0.2, 0) is 4.74 Å². The highest BCUT2D eigenvalue weighted by molar-refractivity contribution is 6.05. The van der Waals surface area contributed by atoms with Crippen LogP contribution in [0.4, 0.5) is 5.69 Å². The number of hydrogen-bond donors (Lipinski definition) is 2. The Kier molecular flexibility index (Phi) is 2.90. The van der Waals surface area contributed by atoms with Crippen molar-refractivity contribution in [2.45, 2.75) is 19.4 Å². The lowest BCUT2D eigenvalue weighted by molar-refractivity contribution is -0.0372. The van der Waals surface area contributed by atoms with E-state index < -0.39 is 0 Å². The average molecular weight is 274 g/mol. The molecule has 0 bridgehead atoms. The first-order valence-corrected chi connectivity index (χ1v) is 6.62. The third kappa shape index (κ3) is 2.02. The smallest absolute Gasteiger partial charge is 0.275 e. The van der Waals surface area contributed by atoms with E-state index in [2.05, 4.69) is 10.2 Å². The summed E-state index contributed by atoms with van der Waals surface area (Å²) in [5.41, 5.74) is 7.32. The Morgan fingerprint density at radius 2 is 2.30 bits per heavy atom. The number of amides is 1. The summed E-state index contributed by atoms with van der Waals surface area (Å²) in [7, 11) is 0. The minimum atomic E-state index is -0.332. The van der Waals surface area contributed by atoms with Crippen LogP contribution in [-0.4, -0.2) is 46.3 Å². The van der Waals surface area contributed by atoms with Crippen molar-refractivity contribution in [1.29, 1.82) is 0 Å². The molecule has 1 aliphatic rings. The SMILES string of the molecule is CC1(C)COCCN1C(=O)c1n[nH]c2ccc(N)cc12. The van der Waals surface area contributed by atoms with Gasteiger partial charge in [-0.1, -0.05) is 0 Å². The number of anilines is 1. The van der Waals surface area contributed by atoms with Gasteiger partial charge < -0.3 is 15.4 Å². The molecule has 6 heteroatoms. The number of carbonyl (C=O) groups excluding carboxylic acids is 1. The van der Waals surface area contributed by atoms with Crippen molar-refractivity contribution in [3.8, 4) is 0 Å². The fourth-order valence-electron chi connectivity index (χ4n) is 2.56. The molecule has 1 aromatic heterocycles. The van der Waals surface area contributed by atoms with Gasteiger partial charge in [0.1, 0.15) is 0 Å². The lowest BCUT2D eigenvalue weighted by Gasteiger charge is -2.41. The quantitative estimate of drug-likeness (QED) is 0.770. The Balaban J connectivity index is 2.02. The lowest BCUT2D eigenvalue weighted by Crippen LogP contribution is -2.55. The van der Waals surface area contributed by atoms with Crippen molar-refractivity contribution in [2.75, 3.05) is 25.5 Å². The maximum atomic E-state index is 12.7. The zero-order chi connectivity index (χ0) is 14.3. The van der Waals surface area contributed by atoms with Crippen LogP contribution in [0, 0.1) is 0 Å². The van der Waals surface area contributed by atoms with Crippen LogP contribution in [0.25, 0.3) is 10.9 Å². The highest BCUT2D eigenvalue weighted by Crippen LogP contribution is 2.25. The second-order valence-corrected chi connectivity index (χ2v) is 5.70. The van der Waals surface area contributed by atoms with Crippen LogP contribution < -0.4 is 5.73 Å². The number of benzene rings is 1. The van der Waals surface area contributed by atoms with Gasteiger partial charge in [-0.25, -0.2) is 0 Å². The van der Waals surface area contributed by atoms with Gasteiger partial charge in [-0.2, -0.15) is 5.10 Å². The topological polar surface area (TPSA) is 84.2 Å². The fraction of sp³-hybridized carbons (Fsp3) is 0.429. The molecule has 0 aliphatic carbocycles. The molecule has 3 N–H and O–H groups in total. The maximum Gasteiger partial charge on any atom is 0.275 e. The van der Waals surface area contributed by atoms with Crippen LogP contribution in [0.3, 0.4) is 0 Å². The van der Waals surface area contributed by atoms with E-state index in [9.17, 15) is 4.79 Å². The monoisotopic (exact) mass is 274 g/mol. The number of nitrogens with zero attached hydrogens (tertiary/aromatic N) is 2. The summed E-state index contributed by atoms with van der Waals surface area (Å²) in [6.07, 6.45) is 0. The zero-order valence-electron chi connectivity index (χ0n) is 11.6. The molecule has 3 rings (SSSR count). The second-order valence-electron chi connectivity index (χ2n) is 5.70. The summed E-state index contributed by atoms with van der Waals surface area (Å²) in [6.45, 7) is 5.64. The molecule has 2 heterocycles. The lowest BCUT2D eigenvalue weighted by atomic mass is 10.0. The maximum absolute atomic E-state index is 12.7. The molecule has 0 saturated carbocycles. The fourth-order valence-corrected chi connectivity index (χ4v) is 2.56. The summed E-state index contributed by atoms with van der Waals surface area (Å²) < 4.78 is 5.45. The van der Waals surface area contributed by atoms with Gasteiger partial charge in [0.05, 0.1) is 24.3 Å². The van der Waals surface area contributed by atoms with Crippen molar-refractivity contribution >= 4 is 22.5 Å². The number of aromatic amines is 1. The van der Waals surface area contributed by atoms with Crippen LogP contribution in [0.15, 0.2) is 18.2 Å². The third-order valence-corrected chi connectivity index (χ3v) is 3.68. The molecule has 1 fully saturated rings. The molecule has 1 saturated heterocycles. The molecule has 0 unspecified atom stereocenters. The molecule has 1 aliphatic heterocycles. The predicted molar refractivity (Wildman–Crippen MR) is 76.4 cm³/mol. The van der Waals surface area contributed by atoms with Gasteiger partial charge in [0.25, 0.3) is 5.91 Å². The first-order chi connectivity index (χ1) is 9.49. The zero-order valence-corrected chi connectivity index (χ0v) is 11.6. The molecular formula is C14H18N4O2. The van der Waals surface area contributed by atoms with Gasteiger partial charge >= 0.3 is 0 Å². The highest BCUT2D eigenvalue weighted by atomic mass is 16.5. The Morgan fingerprint density at radius 1 is 1.50 bits per heavy atom. The van der Waals surface area contributed by atoms with Gasteiger partial charge in [-0.3, -0.25) is 9.89 Å². The van der Waals surface area contributed by atoms with Crippen molar-refractivity contribution in [1.82, 2.24) is 15.1 Å². The number of nitrogen functional groups attached to an aromatic ring is 1. The number of H-pyrrole nitrogens is 1. The van der Waals surface area contributed by atoms with Gasteiger partial charge in [-0.15, -0.1) is 0 Å². The van der Waals surface area contributed by atoms with Crippen molar-refractivity contribution < 1.29 is 9.53 Å². The molecule has 1 amide bonds. The van der Waals surface area contributed by atoms with E-state index in [0.29, 0.717) is 31.1 Å². The highest BCUT2D eigenvalue weighted by Gasteiger charge is 2.36. The van der Waals surface area contributed by atoms with Crippen molar-refractivity contribution in [2.24, 2.45) is 0 Å². The van der Waals surface area contributed by atoms with Gasteiger partial charge in [0, 0.05) is 17.6 Å². The summed E-state index contributed by atoms with van der Waals surface area (Å²) in [5.74, 6) is -0.0878. The number of aromatic nitrogens is 2. The number of nitrogens with two attached hydrogens (primary N) is 1. The summed E-state index contributed by atoms with van der Waals surface area (Å²) >= 11 is 0. The number of ether oxygens (including phenoxy) is 1. The first-order valence-electron chi connectivity index (χ1n) is 6.62. The van der Waals surface area contributed by atoms with Crippen molar-refractivity contribution in [3.63, 3.8) is 0 Å². The number of carbonyl (C=O) groups is 1. The minimum Gasteiger partial charge on any atom is -0.399 e. The molecule has 2 aromatic rings. The molecule has 106 valence electrons. The largest absolute Gasteiger partial charge is 0.399 e. The standard InChI is InChI=1S/C14H18N4O2/c1-14(2)8-20-6-5-18(14)13(19)12-10-7-9(15)3-4-11(10)16-17-12/h3-4,7H,5-6,8,15H2,1-2H3,(H,16,17). The van der Waals surface area contributed by atoms with Crippen LogP contribution in [0.1, 0.15) is 24.3 Å². The molecule has 0 atom stereocenters. The van der Waals surface area contributed by atoms with E-state index in [4.69, 9.17) is 10.5 Å². The number of fused-ring (bicyclic) bond motifs is 1. The summed E-state index contributed by atoms with van der Waals surface area (Å²) in [5, 5.41) is 7.80. The molecule has 0 spiro atoms. The number of hydrogen-bond acceptors (Lipinski definition) is 4. The predicted octanol–water partition coefficient (Wildman–Crippen LogP) is 1.40. The second kappa shape index (κ2) is 4.49. The average Bonchev–Trinajstić information content (AvgIpc) is 2.80. The van der Waals surface area contributed by atoms with Gasteiger partial charge in [0.15, 0.2) is 5.69 Å². The van der Waals surface area contributed by atoms with E-state index in [1.54, 1.807) is 12.1 Å². The van der Waals surface area contributed by atoms with E-state index in [0.717, 1.165) is 10.9 Å². The Hall–Kier alpha value is -2.08. The van der Waals surface area contributed by atoms with Crippen molar-refractivity contribution in [3.05, 3.63) is 23.9 Å². The first kappa shape index (κ1) is 12.9. The Labute approximate surface area is 116 Å². The number of morpholine rings is 1. The van der Waals surface area contributed by atoms with E-state index in [-0.39, 0.29) is 11.4 Å². The third-order valence-electron chi connectivity index (χ3n) is 3.68.